The van der Waals surface area contributed by atoms with Gasteiger partial charge in [0.25, 0.3) is 5.91 Å². The minimum absolute atomic E-state index is 0.159. The van der Waals surface area contributed by atoms with E-state index in [0.717, 1.165) is 10.4 Å². The zero-order valence-electron chi connectivity index (χ0n) is 9.34. The molecular formula is C12H10N2O3S. The lowest BCUT2D eigenvalue weighted by atomic mass is 10.3. The van der Waals surface area contributed by atoms with Crippen molar-refractivity contribution in [2.75, 3.05) is 6.61 Å². The summed E-state index contributed by atoms with van der Waals surface area (Å²) in [7, 11) is 0. The van der Waals surface area contributed by atoms with E-state index >= 15 is 0 Å². The van der Waals surface area contributed by atoms with E-state index in [1.807, 2.05) is 11.4 Å². The molecule has 0 saturated carbocycles. The molecule has 0 unspecified atom stereocenters. The van der Waals surface area contributed by atoms with Crippen molar-refractivity contribution in [3.63, 3.8) is 0 Å². The third kappa shape index (κ3) is 3.20. The SMILES string of the molecule is O=C(NCc1cc(C#CCO)cs1)c1ccon1. The summed E-state index contributed by atoms with van der Waals surface area (Å²) < 4.78 is 4.59. The quantitative estimate of drug-likeness (QED) is 0.809. The Morgan fingerprint density at radius 1 is 1.61 bits per heavy atom. The number of hydrogen-bond donors (Lipinski definition) is 2. The Balaban J connectivity index is 1.90. The Hall–Kier alpha value is -2.10. The summed E-state index contributed by atoms with van der Waals surface area (Å²) >= 11 is 1.50. The lowest BCUT2D eigenvalue weighted by Crippen LogP contribution is -2.22. The van der Waals surface area contributed by atoms with E-state index in [2.05, 4.69) is 26.8 Å². The Kier molecular flexibility index (Phi) is 4.12. The number of thiophene rings is 1. The molecule has 0 aliphatic rings. The highest BCUT2D eigenvalue weighted by atomic mass is 32.1. The molecule has 0 aliphatic heterocycles. The molecule has 0 aromatic carbocycles. The molecule has 2 N–H and O–H groups in total. The maximum Gasteiger partial charge on any atom is 0.273 e. The van der Waals surface area contributed by atoms with Gasteiger partial charge in [0, 0.05) is 21.9 Å². The molecule has 0 aliphatic carbocycles. The van der Waals surface area contributed by atoms with Gasteiger partial charge in [-0.1, -0.05) is 17.0 Å². The fourth-order valence-electron chi connectivity index (χ4n) is 1.27. The molecule has 2 heterocycles. The first-order chi connectivity index (χ1) is 8.79. The second kappa shape index (κ2) is 6.00. The third-order valence-electron chi connectivity index (χ3n) is 2.06. The molecule has 6 heteroatoms. The van der Waals surface area contributed by atoms with Crippen molar-refractivity contribution in [1.29, 1.82) is 0 Å². The number of amides is 1. The van der Waals surface area contributed by atoms with E-state index < -0.39 is 0 Å². The fourth-order valence-corrected chi connectivity index (χ4v) is 2.02. The van der Waals surface area contributed by atoms with Crippen molar-refractivity contribution in [3.8, 4) is 11.8 Å². The lowest BCUT2D eigenvalue weighted by Gasteiger charge is -1.99. The first-order valence-electron chi connectivity index (χ1n) is 5.15. The predicted molar refractivity (Wildman–Crippen MR) is 66.0 cm³/mol. The molecule has 18 heavy (non-hydrogen) atoms. The molecule has 2 rings (SSSR count). The number of aliphatic hydroxyl groups excluding tert-OH is 1. The van der Waals surface area contributed by atoms with Crippen LogP contribution in [0, 0.1) is 11.8 Å². The van der Waals surface area contributed by atoms with Crippen LogP contribution in [0.1, 0.15) is 20.9 Å². The molecule has 0 saturated heterocycles. The highest BCUT2D eigenvalue weighted by Gasteiger charge is 2.08. The summed E-state index contributed by atoms with van der Waals surface area (Å²) in [6, 6.07) is 3.37. The molecular weight excluding hydrogens is 252 g/mol. The average Bonchev–Trinajstić information content (AvgIpc) is 3.04. The van der Waals surface area contributed by atoms with Gasteiger partial charge in [-0.05, 0) is 6.07 Å². The van der Waals surface area contributed by atoms with Gasteiger partial charge in [0.1, 0.15) is 12.9 Å². The van der Waals surface area contributed by atoms with Crippen molar-refractivity contribution < 1.29 is 14.4 Å². The Morgan fingerprint density at radius 3 is 3.22 bits per heavy atom. The molecule has 0 atom stereocenters. The predicted octanol–water partition coefficient (Wildman–Crippen LogP) is 1.01. The number of nitrogens with zero attached hydrogens (tertiary/aromatic N) is 1. The van der Waals surface area contributed by atoms with Crippen LogP contribution in [0.4, 0.5) is 0 Å². The highest BCUT2D eigenvalue weighted by Crippen LogP contribution is 2.13. The van der Waals surface area contributed by atoms with Gasteiger partial charge in [-0.3, -0.25) is 4.79 Å². The first kappa shape index (κ1) is 12.4. The largest absolute Gasteiger partial charge is 0.384 e. The normalized spacial score (nSPS) is 9.61. The van der Waals surface area contributed by atoms with Gasteiger partial charge in [-0.25, -0.2) is 0 Å². The van der Waals surface area contributed by atoms with Crippen LogP contribution in [-0.4, -0.2) is 22.8 Å². The molecule has 92 valence electrons. The van der Waals surface area contributed by atoms with Crippen LogP contribution >= 0.6 is 11.3 Å². The Labute approximate surface area is 107 Å². The molecule has 1 amide bonds. The maximum atomic E-state index is 11.6. The van der Waals surface area contributed by atoms with Crippen LogP contribution in [-0.2, 0) is 6.54 Å². The van der Waals surface area contributed by atoms with Gasteiger partial charge in [-0.2, -0.15) is 0 Å². The summed E-state index contributed by atoms with van der Waals surface area (Å²) in [5.41, 5.74) is 1.09. The van der Waals surface area contributed by atoms with E-state index in [4.69, 9.17) is 5.11 Å². The molecule has 2 aromatic rings. The van der Waals surface area contributed by atoms with Crippen molar-refractivity contribution in [2.45, 2.75) is 6.54 Å². The van der Waals surface area contributed by atoms with Crippen molar-refractivity contribution in [2.24, 2.45) is 0 Å². The van der Waals surface area contributed by atoms with E-state index in [0.29, 0.717) is 6.54 Å². The molecule has 5 nitrogen and oxygen atoms in total. The molecule has 0 bridgehead atoms. The fraction of sp³-hybridized carbons (Fsp3) is 0.167. The monoisotopic (exact) mass is 262 g/mol. The number of aliphatic hydroxyl groups is 1. The molecule has 2 aromatic heterocycles. The summed E-state index contributed by atoms with van der Waals surface area (Å²) in [5, 5.41) is 16.7. The third-order valence-corrected chi connectivity index (χ3v) is 3.00. The number of rotatable bonds is 3. The van der Waals surface area contributed by atoms with Gasteiger partial charge in [-0.15, -0.1) is 11.3 Å². The number of carbonyl (C=O) groups is 1. The van der Waals surface area contributed by atoms with Crippen molar-refractivity contribution >= 4 is 17.2 Å². The van der Waals surface area contributed by atoms with Crippen LogP contribution in [0.2, 0.25) is 0 Å². The standard InChI is InChI=1S/C12H10N2O3S/c15-4-1-2-9-6-10(18-8-9)7-13-12(16)11-3-5-17-14-11/h3,5-6,8,15H,4,7H2,(H,13,16). The zero-order valence-corrected chi connectivity index (χ0v) is 10.2. The van der Waals surface area contributed by atoms with E-state index in [9.17, 15) is 4.79 Å². The average molecular weight is 262 g/mol. The van der Waals surface area contributed by atoms with Crippen LogP contribution in [0.15, 0.2) is 28.3 Å². The van der Waals surface area contributed by atoms with Crippen LogP contribution in [0.5, 0.6) is 0 Å². The Morgan fingerprint density at radius 2 is 2.50 bits per heavy atom. The highest BCUT2D eigenvalue weighted by molar-refractivity contribution is 7.10. The van der Waals surface area contributed by atoms with E-state index in [1.54, 1.807) is 0 Å². The first-order valence-corrected chi connectivity index (χ1v) is 6.03. The topological polar surface area (TPSA) is 75.4 Å². The van der Waals surface area contributed by atoms with Crippen LogP contribution in [0.25, 0.3) is 0 Å². The smallest absolute Gasteiger partial charge is 0.273 e. The second-order valence-corrected chi connectivity index (χ2v) is 4.32. The summed E-state index contributed by atoms with van der Waals surface area (Å²) in [6.45, 7) is 0.255. The number of carbonyl (C=O) groups excluding carboxylic acids is 1. The number of hydrogen-bond acceptors (Lipinski definition) is 5. The summed E-state index contributed by atoms with van der Waals surface area (Å²) in [6.07, 6.45) is 1.35. The summed E-state index contributed by atoms with van der Waals surface area (Å²) in [4.78, 5) is 12.5. The second-order valence-electron chi connectivity index (χ2n) is 3.33. The van der Waals surface area contributed by atoms with Gasteiger partial charge in [0.15, 0.2) is 5.69 Å². The maximum absolute atomic E-state index is 11.6. The van der Waals surface area contributed by atoms with Gasteiger partial charge in [0.2, 0.25) is 0 Å². The van der Waals surface area contributed by atoms with Gasteiger partial charge >= 0.3 is 0 Å². The zero-order chi connectivity index (χ0) is 12.8. The lowest BCUT2D eigenvalue weighted by molar-refractivity contribution is 0.0942. The van der Waals surface area contributed by atoms with Crippen LogP contribution in [0.3, 0.4) is 0 Å². The van der Waals surface area contributed by atoms with E-state index in [-0.39, 0.29) is 18.2 Å². The minimum Gasteiger partial charge on any atom is -0.384 e. The number of nitrogens with one attached hydrogen (secondary N) is 1. The van der Waals surface area contributed by atoms with Gasteiger partial charge in [0.05, 0.1) is 6.54 Å². The molecule has 0 radical (unpaired) electrons. The molecule has 0 fully saturated rings. The van der Waals surface area contributed by atoms with Crippen molar-refractivity contribution in [3.05, 3.63) is 39.9 Å². The van der Waals surface area contributed by atoms with Crippen LogP contribution < -0.4 is 5.32 Å². The minimum atomic E-state index is -0.278. The van der Waals surface area contributed by atoms with Gasteiger partial charge < -0.3 is 14.9 Å². The molecule has 0 spiro atoms. The van der Waals surface area contributed by atoms with Crippen molar-refractivity contribution in [1.82, 2.24) is 10.5 Å². The van der Waals surface area contributed by atoms with E-state index in [1.165, 1.54) is 23.7 Å². The summed E-state index contributed by atoms with van der Waals surface area (Å²) in [5.74, 6) is 5.09. The Bertz CT molecular complexity index is 578. The number of aromatic nitrogens is 1.